The molecule has 7 heteroatoms. The zero-order chi connectivity index (χ0) is 13.0. The van der Waals surface area contributed by atoms with E-state index < -0.39 is 10.9 Å². The van der Waals surface area contributed by atoms with Crippen LogP contribution in [0.25, 0.3) is 0 Å². The molecule has 98 valence electrons. The molecule has 0 bridgehead atoms. The minimum Gasteiger partial charge on any atom is -0.381 e. The van der Waals surface area contributed by atoms with Gasteiger partial charge in [0.25, 0.3) is 0 Å². The van der Waals surface area contributed by atoms with Gasteiger partial charge in [0.05, 0.1) is 11.5 Å². The summed E-state index contributed by atoms with van der Waals surface area (Å²) in [6.07, 6.45) is 0. The van der Waals surface area contributed by atoms with Crippen LogP contribution in [-0.4, -0.2) is 43.7 Å². The van der Waals surface area contributed by atoms with Crippen molar-refractivity contribution in [2.75, 3.05) is 33.9 Å². The van der Waals surface area contributed by atoms with Gasteiger partial charge in [-0.2, -0.15) is 0 Å². The molecule has 1 fully saturated rings. The highest BCUT2D eigenvalue weighted by Gasteiger charge is 2.28. The van der Waals surface area contributed by atoms with Crippen LogP contribution >= 0.6 is 0 Å². The predicted molar refractivity (Wildman–Crippen MR) is 60.3 cm³/mol. The van der Waals surface area contributed by atoms with E-state index in [1.54, 1.807) is 7.05 Å². The van der Waals surface area contributed by atoms with Crippen LogP contribution in [0.4, 0.5) is 4.39 Å². The molecule has 0 aromatic carbocycles. The van der Waals surface area contributed by atoms with Gasteiger partial charge in [0.15, 0.2) is 0 Å². The second-order valence-corrected chi connectivity index (χ2v) is 4.30. The Morgan fingerprint density at radius 3 is 2.71 bits per heavy atom. The van der Waals surface area contributed by atoms with E-state index in [9.17, 15) is 14.5 Å². The first-order valence-corrected chi connectivity index (χ1v) is 5.48. The Morgan fingerprint density at radius 1 is 1.65 bits per heavy atom. The average Bonchev–Trinajstić information content (AvgIpc) is 2.65. The fourth-order valence-electron chi connectivity index (χ4n) is 1.92. The third-order valence-corrected chi connectivity index (χ3v) is 3.00. The standard InChI is InChI=1S/C10H18FN3O3/c1-7-5-17-6-8(7)4-13(3)10(12-2)9(11)14(15)16/h7-8,12H,4-6H2,1-3H3. The van der Waals surface area contributed by atoms with E-state index in [2.05, 4.69) is 12.2 Å². The molecule has 0 spiro atoms. The van der Waals surface area contributed by atoms with Crippen molar-refractivity contribution in [3.05, 3.63) is 21.9 Å². The van der Waals surface area contributed by atoms with Gasteiger partial charge >= 0.3 is 5.95 Å². The van der Waals surface area contributed by atoms with Crippen molar-refractivity contribution in [2.24, 2.45) is 11.8 Å². The molecule has 17 heavy (non-hydrogen) atoms. The zero-order valence-electron chi connectivity index (χ0n) is 10.3. The molecule has 0 amide bonds. The molecule has 1 aliphatic rings. The zero-order valence-corrected chi connectivity index (χ0v) is 10.3. The van der Waals surface area contributed by atoms with Gasteiger partial charge in [-0.1, -0.05) is 6.92 Å². The van der Waals surface area contributed by atoms with Crippen LogP contribution in [0.3, 0.4) is 0 Å². The molecule has 6 nitrogen and oxygen atoms in total. The number of nitrogens with zero attached hydrogens (tertiary/aromatic N) is 2. The first-order chi connectivity index (χ1) is 7.97. The minimum atomic E-state index is -1.36. The summed E-state index contributed by atoms with van der Waals surface area (Å²) < 4.78 is 18.6. The number of hydrogen-bond acceptors (Lipinski definition) is 5. The summed E-state index contributed by atoms with van der Waals surface area (Å²) in [7, 11) is 3.09. The maximum Gasteiger partial charge on any atom is 0.460 e. The fourth-order valence-corrected chi connectivity index (χ4v) is 1.92. The number of hydrogen-bond donors (Lipinski definition) is 1. The highest BCUT2D eigenvalue weighted by atomic mass is 19.1. The average molecular weight is 247 g/mol. The van der Waals surface area contributed by atoms with Gasteiger partial charge in [0, 0.05) is 33.2 Å². The van der Waals surface area contributed by atoms with Gasteiger partial charge in [-0.05, 0) is 5.92 Å². The smallest absolute Gasteiger partial charge is 0.381 e. The number of nitro groups is 1. The summed E-state index contributed by atoms with van der Waals surface area (Å²) in [5, 5.41) is 12.9. The molecule has 0 aliphatic carbocycles. The van der Waals surface area contributed by atoms with E-state index in [0.717, 1.165) is 0 Å². The van der Waals surface area contributed by atoms with Crippen molar-refractivity contribution in [3.8, 4) is 0 Å². The van der Waals surface area contributed by atoms with Gasteiger partial charge in [-0.3, -0.25) is 10.1 Å². The highest BCUT2D eigenvalue weighted by molar-refractivity contribution is 4.98. The summed E-state index contributed by atoms with van der Waals surface area (Å²) in [6, 6.07) is 0. The normalized spacial score (nSPS) is 25.4. The fraction of sp³-hybridized carbons (Fsp3) is 0.800. The lowest BCUT2D eigenvalue weighted by atomic mass is 9.98. The van der Waals surface area contributed by atoms with Crippen molar-refractivity contribution >= 4 is 0 Å². The Labute approximate surface area is 99.6 Å². The lowest BCUT2D eigenvalue weighted by molar-refractivity contribution is -0.450. The van der Waals surface area contributed by atoms with Crippen molar-refractivity contribution in [2.45, 2.75) is 6.92 Å². The van der Waals surface area contributed by atoms with Crippen molar-refractivity contribution in [1.29, 1.82) is 0 Å². The van der Waals surface area contributed by atoms with Gasteiger partial charge in [0.2, 0.25) is 5.82 Å². The van der Waals surface area contributed by atoms with E-state index in [1.807, 2.05) is 0 Å². The van der Waals surface area contributed by atoms with Crippen LogP contribution in [0.1, 0.15) is 6.92 Å². The van der Waals surface area contributed by atoms with Crippen LogP contribution in [0.15, 0.2) is 11.8 Å². The monoisotopic (exact) mass is 247 g/mol. The maximum absolute atomic E-state index is 13.3. The van der Waals surface area contributed by atoms with E-state index >= 15 is 0 Å². The summed E-state index contributed by atoms with van der Waals surface area (Å²) in [5.41, 5.74) is 0. The topological polar surface area (TPSA) is 67.6 Å². The molecule has 1 saturated heterocycles. The Balaban J connectivity index is 2.70. The summed E-state index contributed by atoms with van der Waals surface area (Å²) >= 11 is 0. The van der Waals surface area contributed by atoms with Gasteiger partial charge in [-0.25, -0.2) is 0 Å². The van der Waals surface area contributed by atoms with E-state index in [1.165, 1.54) is 11.9 Å². The molecular weight excluding hydrogens is 229 g/mol. The Morgan fingerprint density at radius 2 is 2.29 bits per heavy atom. The Hall–Kier alpha value is -1.37. The summed E-state index contributed by atoms with van der Waals surface area (Å²) in [5.74, 6) is -0.812. The van der Waals surface area contributed by atoms with Crippen LogP contribution in [0, 0.1) is 22.0 Å². The molecule has 0 radical (unpaired) electrons. The first kappa shape index (κ1) is 13.7. The molecule has 0 aromatic rings. The lowest BCUT2D eigenvalue weighted by Gasteiger charge is -2.24. The Kier molecular flexibility index (Phi) is 4.68. The SMILES string of the molecule is CNC(=C(F)[N+](=O)[O-])N(C)CC1COCC1C. The third kappa shape index (κ3) is 3.29. The molecule has 0 saturated carbocycles. The second-order valence-electron chi connectivity index (χ2n) is 4.30. The number of ether oxygens (including phenoxy) is 1. The Bertz CT molecular complexity index is 322. The van der Waals surface area contributed by atoms with Gasteiger partial charge in [0.1, 0.15) is 0 Å². The van der Waals surface area contributed by atoms with Gasteiger partial charge in [-0.15, -0.1) is 4.39 Å². The largest absolute Gasteiger partial charge is 0.460 e. The molecule has 2 unspecified atom stereocenters. The van der Waals surface area contributed by atoms with E-state index in [4.69, 9.17) is 4.74 Å². The number of rotatable bonds is 5. The van der Waals surface area contributed by atoms with Crippen molar-refractivity contribution in [3.63, 3.8) is 0 Å². The third-order valence-electron chi connectivity index (χ3n) is 3.00. The summed E-state index contributed by atoms with van der Waals surface area (Å²) in [6.45, 7) is 3.88. The molecular formula is C10H18FN3O3. The predicted octanol–water partition coefficient (Wildman–Crippen LogP) is 0.793. The van der Waals surface area contributed by atoms with Crippen molar-refractivity contribution < 1.29 is 14.1 Å². The molecule has 0 aromatic heterocycles. The molecule has 2 atom stereocenters. The molecule has 1 rings (SSSR count). The molecule has 1 heterocycles. The molecule has 1 N–H and O–H groups in total. The number of halogens is 1. The van der Waals surface area contributed by atoms with Crippen LogP contribution in [0.2, 0.25) is 0 Å². The quantitative estimate of drug-likeness (QED) is 0.442. The lowest BCUT2D eigenvalue weighted by Crippen LogP contribution is -2.34. The van der Waals surface area contributed by atoms with Crippen LogP contribution < -0.4 is 5.32 Å². The van der Waals surface area contributed by atoms with Gasteiger partial charge < -0.3 is 15.0 Å². The second kappa shape index (κ2) is 5.81. The van der Waals surface area contributed by atoms with E-state index in [0.29, 0.717) is 25.7 Å². The van der Waals surface area contributed by atoms with E-state index in [-0.39, 0.29) is 11.7 Å². The summed E-state index contributed by atoms with van der Waals surface area (Å²) in [4.78, 5) is 10.9. The maximum atomic E-state index is 13.3. The van der Waals surface area contributed by atoms with Crippen LogP contribution in [0.5, 0.6) is 0 Å². The highest BCUT2D eigenvalue weighted by Crippen LogP contribution is 2.22. The number of nitrogens with one attached hydrogen (secondary N) is 1. The molecule has 1 aliphatic heterocycles. The van der Waals surface area contributed by atoms with Crippen molar-refractivity contribution in [1.82, 2.24) is 10.2 Å². The first-order valence-electron chi connectivity index (χ1n) is 5.48. The van der Waals surface area contributed by atoms with Crippen LogP contribution in [-0.2, 0) is 4.74 Å². The minimum absolute atomic E-state index is 0.103.